The Bertz CT molecular complexity index is 1020. The summed E-state index contributed by atoms with van der Waals surface area (Å²) in [5.41, 5.74) is 1.50. The lowest BCUT2D eigenvalue weighted by Crippen LogP contribution is -2.41. The van der Waals surface area contributed by atoms with Crippen molar-refractivity contribution in [3.05, 3.63) is 64.2 Å². The largest absolute Gasteiger partial charge is 0.378 e. The van der Waals surface area contributed by atoms with E-state index in [0.29, 0.717) is 18.9 Å². The van der Waals surface area contributed by atoms with E-state index in [1.807, 2.05) is 12.1 Å². The third-order valence-electron chi connectivity index (χ3n) is 5.05. The number of nitro benzene ring substituents is 1. The van der Waals surface area contributed by atoms with Gasteiger partial charge in [-0.1, -0.05) is 6.07 Å². The maximum atomic E-state index is 12.3. The molecule has 1 aliphatic rings. The lowest BCUT2D eigenvalue weighted by molar-refractivity contribution is -0.384. The number of hydrogen-bond donors (Lipinski definition) is 2. The minimum absolute atomic E-state index is 0.0675. The quantitative estimate of drug-likeness (QED) is 0.452. The van der Waals surface area contributed by atoms with Crippen molar-refractivity contribution in [2.45, 2.75) is 0 Å². The van der Waals surface area contributed by atoms with Gasteiger partial charge in [-0.3, -0.25) is 24.5 Å². The van der Waals surface area contributed by atoms with Crippen molar-refractivity contribution in [3.63, 3.8) is 0 Å². The zero-order valence-electron chi connectivity index (χ0n) is 18.2. The summed E-state index contributed by atoms with van der Waals surface area (Å²) in [6.07, 6.45) is 0. The minimum Gasteiger partial charge on any atom is -0.378 e. The van der Waals surface area contributed by atoms with Gasteiger partial charge in [-0.25, -0.2) is 0 Å². The molecule has 11 heteroatoms. The zero-order valence-corrected chi connectivity index (χ0v) is 18.2. The lowest BCUT2D eigenvalue weighted by atomic mass is 10.2. The number of benzene rings is 2. The molecule has 1 heterocycles. The molecule has 3 amide bonds. The number of nitrogens with one attached hydrogen (secondary N) is 2. The Morgan fingerprint density at radius 2 is 1.82 bits per heavy atom. The molecule has 0 aromatic heterocycles. The van der Waals surface area contributed by atoms with E-state index in [4.69, 9.17) is 4.74 Å². The van der Waals surface area contributed by atoms with Gasteiger partial charge in [0, 0.05) is 49.2 Å². The number of ether oxygens (including phenoxy) is 1. The monoisotopic (exact) mass is 455 g/mol. The van der Waals surface area contributed by atoms with Crippen molar-refractivity contribution in [2.24, 2.45) is 0 Å². The Morgan fingerprint density at radius 3 is 2.48 bits per heavy atom. The molecule has 1 saturated heterocycles. The van der Waals surface area contributed by atoms with E-state index in [2.05, 4.69) is 15.5 Å². The van der Waals surface area contributed by atoms with Gasteiger partial charge in [-0.15, -0.1) is 0 Å². The van der Waals surface area contributed by atoms with Gasteiger partial charge < -0.3 is 25.2 Å². The van der Waals surface area contributed by atoms with E-state index >= 15 is 0 Å². The molecule has 33 heavy (non-hydrogen) atoms. The van der Waals surface area contributed by atoms with Crippen LogP contribution >= 0.6 is 0 Å². The second-order valence-corrected chi connectivity index (χ2v) is 7.43. The minimum atomic E-state index is -0.620. The van der Waals surface area contributed by atoms with Gasteiger partial charge in [-0.2, -0.15) is 0 Å². The van der Waals surface area contributed by atoms with Gasteiger partial charge in [0.15, 0.2) is 0 Å². The Kier molecular flexibility index (Phi) is 7.92. The summed E-state index contributed by atoms with van der Waals surface area (Å²) in [5, 5.41) is 16.0. The molecule has 0 unspecified atom stereocenters. The van der Waals surface area contributed by atoms with Crippen LogP contribution in [0.1, 0.15) is 10.4 Å². The van der Waals surface area contributed by atoms with Crippen molar-refractivity contribution in [1.82, 2.24) is 10.2 Å². The van der Waals surface area contributed by atoms with E-state index < -0.39 is 16.7 Å². The number of nitrogens with zero attached hydrogens (tertiary/aromatic N) is 3. The van der Waals surface area contributed by atoms with Crippen LogP contribution in [0.4, 0.5) is 17.1 Å². The molecule has 0 atom stereocenters. The number of amides is 3. The molecule has 0 spiro atoms. The van der Waals surface area contributed by atoms with Crippen LogP contribution in [0.2, 0.25) is 0 Å². The molecule has 2 aromatic rings. The van der Waals surface area contributed by atoms with Crippen LogP contribution in [-0.2, 0) is 14.3 Å². The van der Waals surface area contributed by atoms with Crippen LogP contribution in [0.5, 0.6) is 0 Å². The van der Waals surface area contributed by atoms with E-state index in [1.165, 1.54) is 30.1 Å². The van der Waals surface area contributed by atoms with E-state index in [1.54, 1.807) is 12.1 Å². The fourth-order valence-electron chi connectivity index (χ4n) is 3.23. The lowest BCUT2D eigenvalue weighted by Gasteiger charge is -2.28. The Morgan fingerprint density at radius 1 is 1.12 bits per heavy atom. The third kappa shape index (κ3) is 6.74. The second kappa shape index (κ2) is 11.0. The smallest absolute Gasteiger partial charge is 0.270 e. The molecule has 1 fully saturated rings. The number of non-ortho nitro benzene ring substituents is 1. The highest BCUT2D eigenvalue weighted by molar-refractivity contribution is 5.98. The topological polar surface area (TPSA) is 134 Å². The predicted octanol–water partition coefficient (Wildman–Crippen LogP) is 1.26. The predicted molar refractivity (Wildman–Crippen MR) is 121 cm³/mol. The first-order valence-corrected chi connectivity index (χ1v) is 10.3. The van der Waals surface area contributed by atoms with Crippen LogP contribution < -0.4 is 15.5 Å². The highest BCUT2D eigenvalue weighted by Gasteiger charge is 2.17. The van der Waals surface area contributed by atoms with Gasteiger partial charge in [0.25, 0.3) is 11.6 Å². The van der Waals surface area contributed by atoms with Gasteiger partial charge in [0.05, 0.1) is 31.2 Å². The van der Waals surface area contributed by atoms with E-state index in [0.717, 1.165) is 24.8 Å². The summed E-state index contributed by atoms with van der Waals surface area (Å²) in [5.74, 6) is -1.48. The first-order chi connectivity index (χ1) is 15.8. The Hall–Kier alpha value is -3.99. The number of hydrogen-bond acceptors (Lipinski definition) is 7. The maximum Gasteiger partial charge on any atom is 0.270 e. The van der Waals surface area contributed by atoms with Crippen LogP contribution in [0.3, 0.4) is 0 Å². The summed E-state index contributed by atoms with van der Waals surface area (Å²) in [6, 6.07) is 12.6. The average Bonchev–Trinajstić information content (AvgIpc) is 2.83. The SMILES string of the molecule is CN(CC(=O)Nc1ccc(N2CCOCC2)cc1)C(=O)CNC(=O)c1cccc([N+](=O)[O-])c1. The molecule has 2 aromatic carbocycles. The number of likely N-dealkylation sites (N-methyl/N-ethyl adjacent to an activating group) is 1. The Balaban J connectivity index is 1.45. The highest BCUT2D eigenvalue weighted by atomic mass is 16.6. The molecule has 1 aliphatic heterocycles. The second-order valence-electron chi connectivity index (χ2n) is 7.43. The van der Waals surface area contributed by atoms with Gasteiger partial charge in [0.1, 0.15) is 0 Å². The number of carbonyl (C=O) groups excluding carboxylic acids is 3. The van der Waals surface area contributed by atoms with Crippen LogP contribution in [0.25, 0.3) is 0 Å². The highest BCUT2D eigenvalue weighted by Crippen LogP contribution is 2.19. The third-order valence-corrected chi connectivity index (χ3v) is 5.05. The number of carbonyl (C=O) groups is 3. The molecule has 3 rings (SSSR count). The van der Waals surface area contributed by atoms with Crippen LogP contribution in [0, 0.1) is 10.1 Å². The summed E-state index contributed by atoms with van der Waals surface area (Å²) < 4.78 is 5.34. The molecule has 0 bridgehead atoms. The summed E-state index contributed by atoms with van der Waals surface area (Å²) in [4.78, 5) is 50.3. The van der Waals surface area contributed by atoms with Crippen molar-refractivity contribution in [3.8, 4) is 0 Å². The van der Waals surface area contributed by atoms with Gasteiger partial charge in [0.2, 0.25) is 11.8 Å². The summed E-state index contributed by atoms with van der Waals surface area (Å²) in [6.45, 7) is 2.46. The molecule has 0 radical (unpaired) electrons. The molecule has 0 saturated carbocycles. The number of nitro groups is 1. The number of morpholine rings is 1. The first-order valence-electron chi connectivity index (χ1n) is 10.3. The van der Waals surface area contributed by atoms with Crippen molar-refractivity contribution in [1.29, 1.82) is 0 Å². The Labute approximate surface area is 190 Å². The fourth-order valence-corrected chi connectivity index (χ4v) is 3.23. The summed E-state index contributed by atoms with van der Waals surface area (Å²) >= 11 is 0. The molecule has 11 nitrogen and oxygen atoms in total. The van der Waals surface area contributed by atoms with Crippen LogP contribution in [0.15, 0.2) is 48.5 Å². The van der Waals surface area contributed by atoms with Crippen molar-refractivity contribution in [2.75, 3.05) is 56.7 Å². The first kappa shape index (κ1) is 23.7. The van der Waals surface area contributed by atoms with Gasteiger partial charge >= 0.3 is 0 Å². The van der Waals surface area contributed by atoms with Gasteiger partial charge in [-0.05, 0) is 30.3 Å². The van der Waals surface area contributed by atoms with Crippen molar-refractivity contribution < 1.29 is 24.0 Å². The van der Waals surface area contributed by atoms with E-state index in [-0.39, 0.29) is 30.2 Å². The zero-order chi connectivity index (χ0) is 23.8. The molecular formula is C22H25N5O6. The molecular weight excluding hydrogens is 430 g/mol. The number of rotatable bonds is 8. The maximum absolute atomic E-state index is 12.3. The van der Waals surface area contributed by atoms with Crippen LogP contribution in [-0.4, -0.2) is 74.0 Å². The molecule has 174 valence electrons. The number of anilines is 2. The molecule has 2 N–H and O–H groups in total. The average molecular weight is 455 g/mol. The normalized spacial score (nSPS) is 13.2. The molecule has 0 aliphatic carbocycles. The standard InChI is InChI=1S/C22H25N5O6/c1-25(21(29)14-23-22(30)16-3-2-4-19(13-16)27(31)32)15-20(28)24-17-5-7-18(8-6-17)26-9-11-33-12-10-26/h2-8,13H,9-12,14-15H2,1H3,(H,23,30)(H,24,28). The fraction of sp³-hybridized carbons (Fsp3) is 0.318. The van der Waals surface area contributed by atoms with E-state index in [9.17, 15) is 24.5 Å². The summed E-state index contributed by atoms with van der Waals surface area (Å²) in [7, 11) is 1.45. The van der Waals surface area contributed by atoms with Crippen molar-refractivity contribution >= 4 is 34.8 Å².